The van der Waals surface area contributed by atoms with Crippen LogP contribution in [0.25, 0.3) is 10.9 Å². The number of fused-ring (bicyclic) bond motifs is 1. The minimum absolute atomic E-state index is 0.174. The summed E-state index contributed by atoms with van der Waals surface area (Å²) in [5.74, 6) is -0.963. The fourth-order valence-corrected chi connectivity index (χ4v) is 1.87. The van der Waals surface area contributed by atoms with E-state index in [1.165, 1.54) is 7.05 Å². The van der Waals surface area contributed by atoms with Crippen LogP contribution in [0.1, 0.15) is 11.1 Å². The summed E-state index contributed by atoms with van der Waals surface area (Å²) in [4.78, 5) is 17.8. The van der Waals surface area contributed by atoms with Crippen LogP contribution in [0.3, 0.4) is 0 Å². The van der Waals surface area contributed by atoms with Gasteiger partial charge in [-0.05, 0) is 24.6 Å². The molecule has 88 valence electrons. The van der Waals surface area contributed by atoms with Crippen molar-refractivity contribution in [2.45, 2.75) is 13.3 Å². The Labute approximate surface area is 99.0 Å². The van der Waals surface area contributed by atoms with Crippen molar-refractivity contribution in [2.75, 3.05) is 7.05 Å². The van der Waals surface area contributed by atoms with E-state index in [1.807, 2.05) is 25.3 Å². The van der Waals surface area contributed by atoms with E-state index in [4.69, 9.17) is 5.11 Å². The van der Waals surface area contributed by atoms with E-state index in [0.717, 1.165) is 22.0 Å². The summed E-state index contributed by atoms with van der Waals surface area (Å²) >= 11 is 0. The molecule has 0 fully saturated rings. The maximum Gasteiger partial charge on any atom is 0.350 e. The molecule has 0 atom stereocenters. The first-order valence-electron chi connectivity index (χ1n) is 5.37. The SMILES string of the molecule is CN=C(Cc1c[nH]c2ccc(C)cc12)C(=O)O. The number of nitrogens with zero attached hydrogens (tertiary/aromatic N) is 1. The van der Waals surface area contributed by atoms with E-state index >= 15 is 0 Å². The molecule has 2 aromatic rings. The van der Waals surface area contributed by atoms with Crippen LogP contribution in [-0.4, -0.2) is 28.8 Å². The predicted molar refractivity (Wildman–Crippen MR) is 67.7 cm³/mol. The number of rotatable bonds is 3. The van der Waals surface area contributed by atoms with E-state index in [2.05, 4.69) is 16.0 Å². The highest BCUT2D eigenvalue weighted by molar-refractivity contribution is 6.36. The second kappa shape index (κ2) is 4.41. The van der Waals surface area contributed by atoms with Gasteiger partial charge in [0.15, 0.2) is 0 Å². The summed E-state index contributed by atoms with van der Waals surface area (Å²) in [6.45, 7) is 2.02. The number of aromatic nitrogens is 1. The first kappa shape index (κ1) is 11.4. The molecule has 0 aliphatic heterocycles. The van der Waals surface area contributed by atoms with Crippen LogP contribution in [0.4, 0.5) is 0 Å². The zero-order valence-corrected chi connectivity index (χ0v) is 9.82. The number of carboxylic acids is 1. The van der Waals surface area contributed by atoms with Crippen LogP contribution in [0.15, 0.2) is 29.4 Å². The molecule has 17 heavy (non-hydrogen) atoms. The number of hydrogen-bond acceptors (Lipinski definition) is 2. The highest BCUT2D eigenvalue weighted by Gasteiger charge is 2.12. The maximum absolute atomic E-state index is 10.9. The number of benzene rings is 1. The number of aliphatic carboxylic acids is 1. The zero-order valence-electron chi connectivity index (χ0n) is 9.82. The highest BCUT2D eigenvalue weighted by Crippen LogP contribution is 2.20. The molecule has 0 radical (unpaired) electrons. The molecule has 1 heterocycles. The Morgan fingerprint density at radius 1 is 1.47 bits per heavy atom. The summed E-state index contributed by atoms with van der Waals surface area (Å²) in [7, 11) is 1.50. The number of aryl methyl sites for hydroxylation is 1. The number of aliphatic imine (C=N–C) groups is 1. The fourth-order valence-electron chi connectivity index (χ4n) is 1.87. The second-order valence-corrected chi connectivity index (χ2v) is 4.02. The average molecular weight is 230 g/mol. The van der Waals surface area contributed by atoms with Crippen molar-refractivity contribution < 1.29 is 9.90 Å². The van der Waals surface area contributed by atoms with Crippen LogP contribution in [0.5, 0.6) is 0 Å². The Balaban J connectivity index is 2.43. The van der Waals surface area contributed by atoms with Gasteiger partial charge in [-0.15, -0.1) is 0 Å². The molecule has 2 rings (SSSR count). The third kappa shape index (κ3) is 2.20. The largest absolute Gasteiger partial charge is 0.477 e. The molecular weight excluding hydrogens is 216 g/mol. The van der Waals surface area contributed by atoms with Gasteiger partial charge in [0, 0.05) is 30.6 Å². The van der Waals surface area contributed by atoms with Gasteiger partial charge in [0.2, 0.25) is 0 Å². The van der Waals surface area contributed by atoms with Gasteiger partial charge in [-0.3, -0.25) is 4.99 Å². The van der Waals surface area contributed by atoms with Crippen LogP contribution in [0.2, 0.25) is 0 Å². The van der Waals surface area contributed by atoms with E-state index in [-0.39, 0.29) is 5.71 Å². The molecule has 0 bridgehead atoms. The van der Waals surface area contributed by atoms with Crippen molar-refractivity contribution in [3.05, 3.63) is 35.5 Å². The fraction of sp³-hybridized carbons (Fsp3) is 0.231. The Hall–Kier alpha value is -2.10. The normalized spacial score (nSPS) is 12.0. The molecule has 0 saturated carbocycles. The number of carboxylic acid groups (broad SMARTS) is 1. The number of carbonyl (C=O) groups is 1. The second-order valence-electron chi connectivity index (χ2n) is 4.02. The van der Waals surface area contributed by atoms with E-state index in [9.17, 15) is 4.79 Å². The molecular formula is C13H14N2O2. The van der Waals surface area contributed by atoms with Gasteiger partial charge in [0.05, 0.1) is 0 Å². The molecule has 0 aliphatic carbocycles. The Kier molecular flexibility index (Phi) is 2.95. The van der Waals surface area contributed by atoms with Gasteiger partial charge in [-0.2, -0.15) is 0 Å². The number of nitrogens with one attached hydrogen (secondary N) is 1. The molecule has 0 aliphatic rings. The lowest BCUT2D eigenvalue weighted by atomic mass is 10.1. The van der Waals surface area contributed by atoms with Gasteiger partial charge in [0.1, 0.15) is 5.71 Å². The van der Waals surface area contributed by atoms with Crippen molar-refractivity contribution in [2.24, 2.45) is 4.99 Å². The molecule has 1 aromatic heterocycles. The Bertz CT molecular complexity index is 596. The van der Waals surface area contributed by atoms with Gasteiger partial charge in [-0.1, -0.05) is 11.6 Å². The molecule has 0 saturated heterocycles. The van der Waals surface area contributed by atoms with Gasteiger partial charge in [-0.25, -0.2) is 4.79 Å². The number of aromatic amines is 1. The number of H-pyrrole nitrogens is 1. The minimum Gasteiger partial charge on any atom is -0.477 e. The topological polar surface area (TPSA) is 65.5 Å². The third-order valence-electron chi connectivity index (χ3n) is 2.80. The maximum atomic E-state index is 10.9. The zero-order chi connectivity index (χ0) is 12.4. The van der Waals surface area contributed by atoms with Crippen molar-refractivity contribution >= 4 is 22.6 Å². The molecule has 0 unspecified atom stereocenters. The Morgan fingerprint density at radius 2 is 2.24 bits per heavy atom. The minimum atomic E-state index is -0.963. The molecule has 1 aromatic carbocycles. The first-order chi connectivity index (χ1) is 8.11. The van der Waals surface area contributed by atoms with E-state index in [0.29, 0.717) is 6.42 Å². The van der Waals surface area contributed by atoms with Crippen LogP contribution >= 0.6 is 0 Å². The predicted octanol–water partition coefficient (Wildman–Crippen LogP) is 2.17. The molecule has 4 nitrogen and oxygen atoms in total. The van der Waals surface area contributed by atoms with Crippen molar-refractivity contribution in [3.63, 3.8) is 0 Å². The van der Waals surface area contributed by atoms with Gasteiger partial charge >= 0.3 is 5.97 Å². The lowest BCUT2D eigenvalue weighted by Crippen LogP contribution is -2.15. The summed E-state index contributed by atoms with van der Waals surface area (Å²) in [5, 5.41) is 10.0. The highest BCUT2D eigenvalue weighted by atomic mass is 16.4. The van der Waals surface area contributed by atoms with Gasteiger partial charge < -0.3 is 10.1 Å². The standard InChI is InChI=1S/C13H14N2O2/c1-8-3-4-11-10(5-8)9(7-15-11)6-12(14-2)13(16)17/h3-5,7,15H,6H2,1-2H3,(H,16,17). The lowest BCUT2D eigenvalue weighted by Gasteiger charge is -2.00. The smallest absolute Gasteiger partial charge is 0.350 e. The summed E-state index contributed by atoms with van der Waals surface area (Å²) < 4.78 is 0. The van der Waals surface area contributed by atoms with E-state index < -0.39 is 5.97 Å². The molecule has 0 spiro atoms. The van der Waals surface area contributed by atoms with Crippen molar-refractivity contribution in [3.8, 4) is 0 Å². The average Bonchev–Trinajstić information content (AvgIpc) is 2.68. The summed E-state index contributed by atoms with van der Waals surface area (Å²) in [5.41, 5.74) is 3.31. The summed E-state index contributed by atoms with van der Waals surface area (Å²) in [6, 6.07) is 6.07. The molecule has 0 amide bonds. The quantitative estimate of drug-likeness (QED) is 0.793. The monoisotopic (exact) mass is 230 g/mol. The van der Waals surface area contributed by atoms with Crippen LogP contribution < -0.4 is 0 Å². The third-order valence-corrected chi connectivity index (χ3v) is 2.80. The molecule has 4 heteroatoms. The lowest BCUT2D eigenvalue weighted by molar-refractivity contribution is -0.129. The van der Waals surface area contributed by atoms with Gasteiger partial charge in [0.25, 0.3) is 0 Å². The summed E-state index contributed by atoms with van der Waals surface area (Å²) in [6.07, 6.45) is 2.19. The Morgan fingerprint density at radius 3 is 2.88 bits per heavy atom. The first-order valence-corrected chi connectivity index (χ1v) is 5.37. The molecule has 2 N–H and O–H groups in total. The van der Waals surface area contributed by atoms with Crippen molar-refractivity contribution in [1.29, 1.82) is 0 Å². The van der Waals surface area contributed by atoms with Crippen LogP contribution in [0, 0.1) is 6.92 Å². The van der Waals surface area contributed by atoms with Crippen LogP contribution in [-0.2, 0) is 11.2 Å². The van der Waals surface area contributed by atoms with Crippen molar-refractivity contribution in [1.82, 2.24) is 4.98 Å². The van der Waals surface area contributed by atoms with E-state index in [1.54, 1.807) is 0 Å². The number of hydrogen-bond donors (Lipinski definition) is 2.